The minimum absolute atomic E-state index is 0.131. The standard InChI is InChI=1S/C31H44N2O3/c1-20-12-15-31(19-35-3)22(16-20)8-9-23-24-10-11-26(30(24,2)14-13-25(23)31)27(34)18-33-17-21-6-5-7-28(36-4)29(21)32-33/h5-7,17,20,22-26H,8-16,18-19H2,1-4H3. The predicted octanol–water partition coefficient (Wildman–Crippen LogP) is 6.54. The van der Waals surface area contributed by atoms with Gasteiger partial charge in [-0.25, -0.2) is 0 Å². The van der Waals surface area contributed by atoms with Crippen molar-refractivity contribution in [3.05, 3.63) is 24.4 Å². The molecule has 1 aromatic heterocycles. The van der Waals surface area contributed by atoms with Crippen LogP contribution in [-0.4, -0.2) is 36.4 Å². The van der Waals surface area contributed by atoms with Crippen LogP contribution in [0.25, 0.3) is 10.9 Å². The third-order valence-corrected chi connectivity index (χ3v) is 11.5. The van der Waals surface area contributed by atoms with E-state index in [4.69, 9.17) is 14.6 Å². The molecule has 0 saturated heterocycles. The summed E-state index contributed by atoms with van der Waals surface area (Å²) >= 11 is 0. The van der Waals surface area contributed by atoms with Crippen molar-refractivity contribution in [3.63, 3.8) is 0 Å². The van der Waals surface area contributed by atoms with Gasteiger partial charge in [0.2, 0.25) is 0 Å². The van der Waals surface area contributed by atoms with E-state index in [0.717, 1.165) is 53.4 Å². The molecular formula is C31H44N2O3. The number of nitrogens with zero attached hydrogens (tertiary/aromatic N) is 2. The fraction of sp³-hybridized carbons (Fsp3) is 0.742. The van der Waals surface area contributed by atoms with Crippen LogP contribution in [0.1, 0.15) is 71.6 Å². The Morgan fingerprint density at radius 3 is 2.75 bits per heavy atom. The number of benzene rings is 1. The van der Waals surface area contributed by atoms with Gasteiger partial charge in [0.15, 0.2) is 5.78 Å². The zero-order valence-corrected chi connectivity index (χ0v) is 22.7. The van der Waals surface area contributed by atoms with Crippen LogP contribution in [0, 0.1) is 46.3 Å². The Balaban J connectivity index is 1.22. The van der Waals surface area contributed by atoms with Crippen molar-refractivity contribution in [1.29, 1.82) is 0 Å². The van der Waals surface area contributed by atoms with E-state index < -0.39 is 0 Å². The van der Waals surface area contributed by atoms with Crippen molar-refractivity contribution in [2.45, 2.75) is 78.2 Å². The Morgan fingerprint density at radius 1 is 1.08 bits per heavy atom. The van der Waals surface area contributed by atoms with E-state index in [1.807, 2.05) is 36.2 Å². The van der Waals surface area contributed by atoms with Crippen LogP contribution in [0.5, 0.6) is 5.75 Å². The minimum atomic E-state index is 0.131. The first-order chi connectivity index (χ1) is 17.4. The second-order valence-electron chi connectivity index (χ2n) is 13.1. The maximum absolute atomic E-state index is 13.8. The van der Waals surface area contributed by atoms with Gasteiger partial charge < -0.3 is 9.47 Å². The zero-order valence-electron chi connectivity index (χ0n) is 22.7. The normalized spacial score (nSPS) is 39.9. The number of rotatable bonds is 6. The van der Waals surface area contributed by atoms with Gasteiger partial charge in [0.25, 0.3) is 0 Å². The molecule has 0 spiro atoms. The molecule has 2 aromatic rings. The Hall–Kier alpha value is -1.88. The molecule has 0 amide bonds. The van der Waals surface area contributed by atoms with Gasteiger partial charge in [0.05, 0.1) is 20.3 Å². The summed E-state index contributed by atoms with van der Waals surface area (Å²) in [5.41, 5.74) is 1.35. The fourth-order valence-electron chi connectivity index (χ4n) is 9.93. The highest BCUT2D eigenvalue weighted by atomic mass is 16.5. The van der Waals surface area contributed by atoms with Gasteiger partial charge in [-0.05, 0) is 97.9 Å². The summed E-state index contributed by atoms with van der Waals surface area (Å²) in [6, 6.07) is 5.95. The number of carbonyl (C=O) groups excluding carboxylic acids is 1. The lowest BCUT2D eigenvalue weighted by Gasteiger charge is -2.61. The monoisotopic (exact) mass is 492 g/mol. The zero-order chi connectivity index (χ0) is 25.1. The third kappa shape index (κ3) is 3.67. The lowest BCUT2D eigenvalue weighted by molar-refractivity contribution is -0.154. The number of hydrogen-bond donors (Lipinski definition) is 0. The molecular weight excluding hydrogens is 448 g/mol. The van der Waals surface area contributed by atoms with Gasteiger partial charge in [-0.3, -0.25) is 9.48 Å². The fourth-order valence-corrected chi connectivity index (χ4v) is 9.93. The number of methoxy groups -OCH3 is 2. The highest BCUT2D eigenvalue weighted by Crippen LogP contribution is 2.68. The first-order valence-corrected chi connectivity index (χ1v) is 14.4. The molecule has 0 radical (unpaired) electrons. The van der Waals surface area contributed by atoms with Crippen LogP contribution in [0.2, 0.25) is 0 Å². The maximum Gasteiger partial charge on any atom is 0.157 e. The molecule has 36 heavy (non-hydrogen) atoms. The van der Waals surface area contributed by atoms with Crippen LogP contribution in [0.4, 0.5) is 0 Å². The SMILES string of the molecule is COCC12CCC(C)CC1CCC1C3CCC(C(=O)Cn4cc5cccc(OC)c5n4)C3(C)CCC12. The van der Waals surface area contributed by atoms with Gasteiger partial charge in [0, 0.05) is 24.6 Å². The number of aromatic nitrogens is 2. The Bertz CT molecular complexity index is 1130. The third-order valence-electron chi connectivity index (χ3n) is 11.5. The quantitative estimate of drug-likeness (QED) is 0.460. The minimum Gasteiger partial charge on any atom is -0.494 e. The molecule has 1 aromatic carbocycles. The molecule has 8 unspecified atom stereocenters. The molecule has 4 aliphatic carbocycles. The van der Waals surface area contributed by atoms with Gasteiger partial charge in [-0.2, -0.15) is 5.10 Å². The molecule has 5 heteroatoms. The van der Waals surface area contributed by atoms with Crippen molar-refractivity contribution in [2.75, 3.05) is 20.8 Å². The molecule has 0 N–H and O–H groups in total. The summed E-state index contributed by atoms with van der Waals surface area (Å²) < 4.78 is 13.3. The van der Waals surface area contributed by atoms with E-state index in [-0.39, 0.29) is 11.3 Å². The lowest BCUT2D eigenvalue weighted by Crippen LogP contribution is -2.56. The second-order valence-corrected chi connectivity index (χ2v) is 13.1. The van der Waals surface area contributed by atoms with Gasteiger partial charge >= 0.3 is 0 Å². The summed E-state index contributed by atoms with van der Waals surface area (Å²) in [6.45, 7) is 6.22. The molecule has 196 valence electrons. The first kappa shape index (κ1) is 24.5. The van der Waals surface area contributed by atoms with E-state index in [1.165, 1.54) is 51.4 Å². The molecule has 5 nitrogen and oxygen atoms in total. The number of hydrogen-bond acceptors (Lipinski definition) is 4. The molecule has 0 bridgehead atoms. The first-order valence-electron chi connectivity index (χ1n) is 14.4. The van der Waals surface area contributed by atoms with E-state index in [1.54, 1.807) is 7.11 Å². The van der Waals surface area contributed by atoms with Crippen LogP contribution < -0.4 is 4.74 Å². The van der Waals surface area contributed by atoms with Crippen molar-refractivity contribution < 1.29 is 14.3 Å². The lowest BCUT2D eigenvalue weighted by atomic mass is 9.44. The Kier molecular flexibility index (Phi) is 6.21. The molecule has 8 atom stereocenters. The van der Waals surface area contributed by atoms with E-state index in [2.05, 4.69) is 13.8 Å². The van der Waals surface area contributed by atoms with Crippen LogP contribution in [0.3, 0.4) is 0 Å². The predicted molar refractivity (Wildman–Crippen MR) is 142 cm³/mol. The van der Waals surface area contributed by atoms with Crippen LogP contribution >= 0.6 is 0 Å². The van der Waals surface area contributed by atoms with Crippen molar-refractivity contribution in [3.8, 4) is 5.75 Å². The number of Topliss-reactive ketones (excluding diaryl/α,β-unsaturated/α-hetero) is 1. The van der Waals surface area contributed by atoms with Crippen LogP contribution in [0.15, 0.2) is 24.4 Å². The second kappa shape index (κ2) is 9.15. The van der Waals surface area contributed by atoms with E-state index in [9.17, 15) is 4.79 Å². The smallest absolute Gasteiger partial charge is 0.157 e. The van der Waals surface area contributed by atoms with Gasteiger partial charge in [0.1, 0.15) is 11.3 Å². The van der Waals surface area contributed by atoms with E-state index in [0.29, 0.717) is 23.7 Å². The molecule has 4 aliphatic rings. The van der Waals surface area contributed by atoms with Crippen molar-refractivity contribution >= 4 is 16.7 Å². The Labute approximate surface area is 216 Å². The summed E-state index contributed by atoms with van der Waals surface area (Å²) in [7, 11) is 3.59. The molecule has 4 fully saturated rings. The summed E-state index contributed by atoms with van der Waals surface area (Å²) in [4.78, 5) is 13.8. The maximum atomic E-state index is 13.8. The largest absolute Gasteiger partial charge is 0.494 e. The van der Waals surface area contributed by atoms with Gasteiger partial charge in [-0.1, -0.05) is 32.4 Å². The van der Waals surface area contributed by atoms with Crippen molar-refractivity contribution in [2.24, 2.45) is 46.3 Å². The number of carbonyl (C=O) groups is 1. The van der Waals surface area contributed by atoms with Gasteiger partial charge in [-0.15, -0.1) is 0 Å². The van der Waals surface area contributed by atoms with Crippen molar-refractivity contribution in [1.82, 2.24) is 9.78 Å². The number of ketones is 1. The average molecular weight is 493 g/mol. The van der Waals surface area contributed by atoms with E-state index >= 15 is 0 Å². The highest BCUT2D eigenvalue weighted by molar-refractivity contribution is 5.86. The molecule has 6 rings (SSSR count). The summed E-state index contributed by atoms with van der Waals surface area (Å²) in [6.07, 6.45) is 13.5. The van der Waals surface area contributed by atoms with Crippen LogP contribution in [-0.2, 0) is 16.1 Å². The highest BCUT2D eigenvalue weighted by Gasteiger charge is 2.62. The number of fused-ring (bicyclic) bond motifs is 6. The Morgan fingerprint density at radius 2 is 1.94 bits per heavy atom. The topological polar surface area (TPSA) is 53.4 Å². The molecule has 0 aliphatic heterocycles. The summed E-state index contributed by atoms with van der Waals surface area (Å²) in [5.74, 6) is 5.20. The molecule has 4 saturated carbocycles. The summed E-state index contributed by atoms with van der Waals surface area (Å²) in [5, 5.41) is 5.75. The number of ether oxygens (including phenoxy) is 2. The average Bonchev–Trinajstić information content (AvgIpc) is 3.44. The molecule has 1 heterocycles.